The Morgan fingerprint density at radius 2 is 2.05 bits per heavy atom. The van der Waals surface area contributed by atoms with Gasteiger partial charge in [-0.15, -0.1) is 11.3 Å². The summed E-state index contributed by atoms with van der Waals surface area (Å²) < 4.78 is 5.44. The van der Waals surface area contributed by atoms with Crippen molar-refractivity contribution in [3.63, 3.8) is 0 Å². The molecule has 3 rings (SSSR count). The fourth-order valence-corrected chi connectivity index (χ4v) is 3.23. The summed E-state index contributed by atoms with van der Waals surface area (Å²) in [6.45, 7) is 3.38. The number of hydrogen-bond acceptors (Lipinski definition) is 3. The van der Waals surface area contributed by atoms with Gasteiger partial charge in [-0.25, -0.2) is 0 Å². The standard InChI is InChI=1S/C18H21NO2S/c1-2-21-16-9-5-14(6-10-16)12-18(20)19(15-7-8-15)13-17-4-3-11-22-17/h3-6,9-11,15H,2,7-8,12-13H2,1H3. The van der Waals surface area contributed by atoms with Crippen LogP contribution in [-0.2, 0) is 17.8 Å². The quantitative estimate of drug-likeness (QED) is 0.776. The largest absolute Gasteiger partial charge is 0.494 e. The third-order valence-corrected chi connectivity index (χ3v) is 4.67. The molecule has 1 amide bonds. The first-order chi connectivity index (χ1) is 10.8. The van der Waals surface area contributed by atoms with E-state index < -0.39 is 0 Å². The number of carbonyl (C=O) groups excluding carboxylic acids is 1. The minimum absolute atomic E-state index is 0.222. The van der Waals surface area contributed by atoms with Crippen LogP contribution in [0, 0.1) is 0 Å². The second-order valence-electron chi connectivity index (χ2n) is 5.59. The van der Waals surface area contributed by atoms with Crippen LogP contribution in [0.4, 0.5) is 0 Å². The zero-order chi connectivity index (χ0) is 15.4. The predicted molar refractivity (Wildman–Crippen MR) is 89.2 cm³/mol. The van der Waals surface area contributed by atoms with Gasteiger partial charge in [0.15, 0.2) is 0 Å². The van der Waals surface area contributed by atoms with E-state index >= 15 is 0 Å². The summed E-state index contributed by atoms with van der Waals surface area (Å²) in [5.41, 5.74) is 1.05. The summed E-state index contributed by atoms with van der Waals surface area (Å²) in [7, 11) is 0. The number of nitrogens with zero attached hydrogens (tertiary/aromatic N) is 1. The molecule has 0 saturated heterocycles. The molecule has 1 aromatic heterocycles. The maximum Gasteiger partial charge on any atom is 0.227 e. The molecule has 1 aromatic carbocycles. The molecule has 0 unspecified atom stereocenters. The molecule has 1 heterocycles. The highest BCUT2D eigenvalue weighted by atomic mass is 32.1. The lowest BCUT2D eigenvalue weighted by molar-refractivity contribution is -0.131. The zero-order valence-corrected chi connectivity index (χ0v) is 13.6. The van der Waals surface area contributed by atoms with Crippen LogP contribution in [0.5, 0.6) is 5.75 Å². The van der Waals surface area contributed by atoms with Crippen LogP contribution in [-0.4, -0.2) is 23.5 Å². The van der Waals surface area contributed by atoms with Crippen molar-refractivity contribution < 1.29 is 9.53 Å². The molecule has 0 bridgehead atoms. The van der Waals surface area contributed by atoms with Gasteiger partial charge >= 0.3 is 0 Å². The van der Waals surface area contributed by atoms with Crippen molar-refractivity contribution in [2.45, 2.75) is 38.8 Å². The molecule has 0 spiro atoms. The van der Waals surface area contributed by atoms with E-state index in [1.807, 2.05) is 42.2 Å². The first kappa shape index (κ1) is 15.1. The maximum atomic E-state index is 12.6. The first-order valence-corrected chi connectivity index (χ1v) is 8.68. The summed E-state index contributed by atoms with van der Waals surface area (Å²) in [6, 6.07) is 12.4. The Morgan fingerprint density at radius 3 is 2.64 bits per heavy atom. The van der Waals surface area contributed by atoms with Gasteiger partial charge in [0.25, 0.3) is 0 Å². The van der Waals surface area contributed by atoms with E-state index in [0.717, 1.165) is 30.7 Å². The number of benzene rings is 1. The van der Waals surface area contributed by atoms with Crippen LogP contribution in [0.15, 0.2) is 41.8 Å². The first-order valence-electron chi connectivity index (χ1n) is 7.80. The average Bonchev–Trinajstić information content (AvgIpc) is 3.23. The summed E-state index contributed by atoms with van der Waals surface area (Å²) >= 11 is 1.72. The monoisotopic (exact) mass is 315 g/mol. The lowest BCUT2D eigenvalue weighted by Gasteiger charge is -2.22. The molecule has 0 radical (unpaired) electrons. The van der Waals surface area contributed by atoms with Crippen molar-refractivity contribution in [2.24, 2.45) is 0 Å². The average molecular weight is 315 g/mol. The highest BCUT2D eigenvalue weighted by Gasteiger charge is 2.32. The molecule has 116 valence electrons. The van der Waals surface area contributed by atoms with Gasteiger partial charge in [0.1, 0.15) is 5.75 Å². The smallest absolute Gasteiger partial charge is 0.227 e. The van der Waals surface area contributed by atoms with E-state index in [1.54, 1.807) is 11.3 Å². The molecule has 4 heteroatoms. The van der Waals surface area contributed by atoms with E-state index in [1.165, 1.54) is 4.88 Å². The molecule has 1 saturated carbocycles. The topological polar surface area (TPSA) is 29.5 Å². The summed E-state index contributed by atoms with van der Waals surface area (Å²) in [5, 5.41) is 2.07. The molecule has 22 heavy (non-hydrogen) atoms. The van der Waals surface area contributed by atoms with Gasteiger partial charge < -0.3 is 9.64 Å². The minimum atomic E-state index is 0.222. The van der Waals surface area contributed by atoms with Gasteiger partial charge in [0.2, 0.25) is 5.91 Å². The molecule has 1 aliphatic carbocycles. The molecule has 0 aliphatic heterocycles. The Kier molecular flexibility index (Phi) is 4.78. The van der Waals surface area contributed by atoms with Gasteiger partial charge in [-0.2, -0.15) is 0 Å². The van der Waals surface area contributed by atoms with Crippen molar-refractivity contribution in [1.82, 2.24) is 4.90 Å². The van der Waals surface area contributed by atoms with Crippen LogP contribution in [0.2, 0.25) is 0 Å². The van der Waals surface area contributed by atoms with Gasteiger partial charge in [-0.3, -0.25) is 4.79 Å². The highest BCUT2D eigenvalue weighted by molar-refractivity contribution is 7.09. The molecule has 1 fully saturated rings. The van der Waals surface area contributed by atoms with Crippen molar-refractivity contribution in [1.29, 1.82) is 0 Å². The number of rotatable bonds is 7. The molecule has 1 aliphatic rings. The SMILES string of the molecule is CCOc1ccc(CC(=O)N(Cc2cccs2)C2CC2)cc1. The Bertz CT molecular complexity index is 603. The lowest BCUT2D eigenvalue weighted by atomic mass is 10.1. The number of thiophene rings is 1. The Hall–Kier alpha value is -1.81. The molecule has 0 N–H and O–H groups in total. The van der Waals surface area contributed by atoms with Gasteiger partial charge in [-0.05, 0) is 48.9 Å². The van der Waals surface area contributed by atoms with Crippen LogP contribution < -0.4 is 4.74 Å². The number of carbonyl (C=O) groups is 1. The van der Waals surface area contributed by atoms with E-state index in [2.05, 4.69) is 11.4 Å². The number of hydrogen-bond donors (Lipinski definition) is 0. The van der Waals surface area contributed by atoms with E-state index in [-0.39, 0.29) is 5.91 Å². The molecule has 3 nitrogen and oxygen atoms in total. The highest BCUT2D eigenvalue weighted by Crippen LogP contribution is 2.30. The van der Waals surface area contributed by atoms with E-state index in [9.17, 15) is 4.79 Å². The van der Waals surface area contributed by atoms with Crippen LogP contribution in [0.3, 0.4) is 0 Å². The van der Waals surface area contributed by atoms with E-state index in [4.69, 9.17) is 4.74 Å². The molecule has 2 aromatic rings. The summed E-state index contributed by atoms with van der Waals surface area (Å²) in [5.74, 6) is 1.08. The number of amides is 1. The lowest BCUT2D eigenvalue weighted by Crippen LogP contribution is -2.33. The normalized spacial score (nSPS) is 13.9. The minimum Gasteiger partial charge on any atom is -0.494 e. The second-order valence-corrected chi connectivity index (χ2v) is 6.62. The van der Waals surface area contributed by atoms with Gasteiger partial charge in [0, 0.05) is 10.9 Å². The second kappa shape index (κ2) is 6.97. The fourth-order valence-electron chi connectivity index (χ4n) is 2.52. The fraction of sp³-hybridized carbons (Fsp3) is 0.389. The summed E-state index contributed by atoms with van der Waals surface area (Å²) in [6.07, 6.45) is 2.75. The number of ether oxygens (including phenoxy) is 1. The Morgan fingerprint density at radius 1 is 1.27 bits per heavy atom. The Balaban J connectivity index is 1.63. The Labute approximate surface area is 135 Å². The van der Waals surface area contributed by atoms with Crippen LogP contribution in [0.25, 0.3) is 0 Å². The van der Waals surface area contributed by atoms with E-state index in [0.29, 0.717) is 19.1 Å². The van der Waals surface area contributed by atoms with Crippen molar-refractivity contribution in [3.8, 4) is 5.75 Å². The maximum absolute atomic E-state index is 12.6. The summed E-state index contributed by atoms with van der Waals surface area (Å²) in [4.78, 5) is 15.9. The van der Waals surface area contributed by atoms with Gasteiger partial charge in [-0.1, -0.05) is 18.2 Å². The van der Waals surface area contributed by atoms with Crippen LogP contribution >= 0.6 is 11.3 Å². The van der Waals surface area contributed by atoms with Crippen molar-refractivity contribution in [2.75, 3.05) is 6.61 Å². The third kappa shape index (κ3) is 3.89. The van der Waals surface area contributed by atoms with Crippen molar-refractivity contribution >= 4 is 17.2 Å². The predicted octanol–water partition coefficient (Wildman–Crippen LogP) is 3.88. The van der Waals surface area contributed by atoms with Crippen LogP contribution in [0.1, 0.15) is 30.2 Å². The molecular formula is C18H21NO2S. The molecular weight excluding hydrogens is 294 g/mol. The third-order valence-electron chi connectivity index (χ3n) is 3.80. The molecule has 0 atom stereocenters. The zero-order valence-electron chi connectivity index (χ0n) is 12.8. The van der Waals surface area contributed by atoms with Gasteiger partial charge in [0.05, 0.1) is 19.6 Å². The van der Waals surface area contributed by atoms with Crippen molar-refractivity contribution in [3.05, 3.63) is 52.2 Å².